The Bertz CT molecular complexity index is 360. The van der Waals surface area contributed by atoms with Crippen molar-refractivity contribution >= 4 is 0 Å². The van der Waals surface area contributed by atoms with E-state index in [4.69, 9.17) is 0 Å². The first-order valence-electron chi connectivity index (χ1n) is 8.94. The second kappa shape index (κ2) is 7.61. The summed E-state index contributed by atoms with van der Waals surface area (Å²) in [4.78, 5) is 2.65. The molecule has 1 aliphatic heterocycles. The first-order valence-corrected chi connectivity index (χ1v) is 8.94. The molecule has 0 aromatic carbocycles. The van der Waals surface area contributed by atoms with Crippen LogP contribution in [0.1, 0.15) is 58.8 Å². The average Bonchev–Trinajstić information content (AvgIpc) is 2.74. The summed E-state index contributed by atoms with van der Waals surface area (Å²) >= 11 is 0. The van der Waals surface area contributed by atoms with Gasteiger partial charge in [-0.3, -0.25) is 0 Å². The molecule has 0 radical (unpaired) electrons. The Morgan fingerprint density at radius 2 is 2.05 bits per heavy atom. The van der Waals surface area contributed by atoms with Gasteiger partial charge in [-0.15, -0.1) is 0 Å². The Labute approximate surface area is 131 Å². The highest BCUT2D eigenvalue weighted by molar-refractivity contribution is 5.13. The average molecular weight is 291 g/mol. The van der Waals surface area contributed by atoms with Gasteiger partial charge in [0, 0.05) is 0 Å². The lowest BCUT2D eigenvalue weighted by atomic mass is 9.86. The van der Waals surface area contributed by atoms with Crippen LogP contribution in [0.5, 0.6) is 0 Å². The molecule has 1 aliphatic carbocycles. The largest absolute Gasteiger partial charge is 0.303 e. The smallest absolute Gasteiger partial charge is 0.109 e. The first-order chi connectivity index (χ1) is 10.1. The molecular weight excluding hydrogens is 258 g/mol. The van der Waals surface area contributed by atoms with Gasteiger partial charge in [-0.2, -0.15) is 5.26 Å². The van der Waals surface area contributed by atoms with E-state index in [0.717, 1.165) is 18.3 Å². The van der Waals surface area contributed by atoms with E-state index in [2.05, 4.69) is 30.1 Å². The zero-order valence-corrected chi connectivity index (χ0v) is 14.2. The third kappa shape index (κ3) is 3.99. The van der Waals surface area contributed by atoms with Gasteiger partial charge in [-0.1, -0.05) is 20.3 Å². The standard InChI is InChI=1S/C18H33N3/c1-15(2)16-6-5-11-21(12-8-16)13-9-17-7-4-10-18(17,14-19)20-3/h15-17,20H,4-13H2,1-3H3. The lowest BCUT2D eigenvalue weighted by Crippen LogP contribution is -2.45. The van der Waals surface area contributed by atoms with Crippen LogP contribution in [0.25, 0.3) is 0 Å². The summed E-state index contributed by atoms with van der Waals surface area (Å²) in [6, 6.07) is 2.57. The molecular formula is C18H33N3. The number of likely N-dealkylation sites (tertiary alicyclic amines) is 1. The van der Waals surface area contributed by atoms with Crippen molar-refractivity contribution in [3.8, 4) is 6.07 Å². The molecule has 0 aromatic heterocycles. The molecule has 1 saturated heterocycles. The Balaban J connectivity index is 1.82. The molecule has 1 saturated carbocycles. The molecule has 120 valence electrons. The zero-order valence-electron chi connectivity index (χ0n) is 14.2. The van der Waals surface area contributed by atoms with Crippen LogP contribution in [0.4, 0.5) is 0 Å². The predicted molar refractivity (Wildman–Crippen MR) is 88.0 cm³/mol. The molecule has 2 fully saturated rings. The maximum absolute atomic E-state index is 9.54. The van der Waals surface area contributed by atoms with Crippen molar-refractivity contribution in [3.63, 3.8) is 0 Å². The second-order valence-electron chi connectivity index (χ2n) is 7.49. The lowest BCUT2D eigenvalue weighted by molar-refractivity contribution is 0.227. The molecule has 0 amide bonds. The number of nitriles is 1. The van der Waals surface area contributed by atoms with Crippen LogP contribution in [-0.4, -0.2) is 37.1 Å². The predicted octanol–water partition coefficient (Wildman–Crippen LogP) is 3.42. The van der Waals surface area contributed by atoms with E-state index >= 15 is 0 Å². The number of nitrogens with zero attached hydrogens (tertiary/aromatic N) is 2. The molecule has 1 heterocycles. The summed E-state index contributed by atoms with van der Waals surface area (Å²) < 4.78 is 0. The van der Waals surface area contributed by atoms with Gasteiger partial charge in [0.2, 0.25) is 0 Å². The molecule has 1 N–H and O–H groups in total. The maximum atomic E-state index is 9.54. The normalized spacial score (nSPS) is 34.8. The van der Waals surface area contributed by atoms with Crippen molar-refractivity contribution in [2.45, 2.75) is 64.3 Å². The molecule has 2 rings (SSSR count). The van der Waals surface area contributed by atoms with Crippen LogP contribution in [0.2, 0.25) is 0 Å². The van der Waals surface area contributed by atoms with Crippen molar-refractivity contribution < 1.29 is 0 Å². The van der Waals surface area contributed by atoms with E-state index in [0.29, 0.717) is 5.92 Å². The number of hydrogen-bond acceptors (Lipinski definition) is 3. The third-order valence-corrected chi connectivity index (χ3v) is 6.07. The molecule has 3 heteroatoms. The van der Waals surface area contributed by atoms with Gasteiger partial charge < -0.3 is 10.2 Å². The van der Waals surface area contributed by atoms with Gasteiger partial charge in [0.1, 0.15) is 5.54 Å². The van der Waals surface area contributed by atoms with E-state index in [-0.39, 0.29) is 5.54 Å². The van der Waals surface area contributed by atoms with Gasteiger partial charge in [0.25, 0.3) is 0 Å². The Hall–Kier alpha value is -0.590. The van der Waals surface area contributed by atoms with Gasteiger partial charge in [-0.25, -0.2) is 0 Å². The van der Waals surface area contributed by atoms with Crippen LogP contribution in [0.15, 0.2) is 0 Å². The van der Waals surface area contributed by atoms with Gasteiger partial charge in [0.15, 0.2) is 0 Å². The minimum Gasteiger partial charge on any atom is -0.303 e. The van der Waals surface area contributed by atoms with Crippen molar-refractivity contribution in [3.05, 3.63) is 0 Å². The van der Waals surface area contributed by atoms with E-state index in [1.54, 1.807) is 0 Å². The Kier molecular flexibility index (Phi) is 6.08. The van der Waals surface area contributed by atoms with Crippen molar-refractivity contribution in [1.82, 2.24) is 10.2 Å². The summed E-state index contributed by atoms with van der Waals surface area (Å²) in [6.07, 6.45) is 8.74. The summed E-state index contributed by atoms with van der Waals surface area (Å²) in [5.74, 6) is 2.28. The van der Waals surface area contributed by atoms with Crippen LogP contribution >= 0.6 is 0 Å². The molecule has 0 spiro atoms. The highest BCUT2D eigenvalue weighted by Gasteiger charge is 2.41. The van der Waals surface area contributed by atoms with Gasteiger partial charge in [0.05, 0.1) is 6.07 Å². The fraction of sp³-hybridized carbons (Fsp3) is 0.944. The highest BCUT2D eigenvalue weighted by atomic mass is 15.1. The number of rotatable bonds is 5. The topological polar surface area (TPSA) is 39.1 Å². The fourth-order valence-corrected chi connectivity index (χ4v) is 4.41. The molecule has 2 aliphatic rings. The minimum atomic E-state index is -0.244. The first kappa shape index (κ1) is 16.8. The Morgan fingerprint density at radius 3 is 2.71 bits per heavy atom. The van der Waals surface area contributed by atoms with Crippen molar-refractivity contribution in [1.29, 1.82) is 5.26 Å². The molecule has 0 bridgehead atoms. The summed E-state index contributed by atoms with van der Waals surface area (Å²) in [6.45, 7) is 8.43. The quantitative estimate of drug-likeness (QED) is 0.843. The molecule has 3 atom stereocenters. The van der Waals surface area contributed by atoms with Crippen LogP contribution < -0.4 is 5.32 Å². The summed E-state index contributed by atoms with van der Waals surface area (Å²) in [5, 5.41) is 12.9. The fourth-order valence-electron chi connectivity index (χ4n) is 4.41. The molecule has 3 unspecified atom stereocenters. The number of nitrogens with one attached hydrogen (secondary N) is 1. The van der Waals surface area contributed by atoms with Crippen molar-refractivity contribution in [2.24, 2.45) is 17.8 Å². The number of hydrogen-bond donors (Lipinski definition) is 1. The monoisotopic (exact) mass is 291 g/mol. The van der Waals surface area contributed by atoms with Gasteiger partial charge in [-0.05, 0) is 83.0 Å². The molecule has 0 aromatic rings. The van der Waals surface area contributed by atoms with E-state index in [1.165, 1.54) is 58.2 Å². The summed E-state index contributed by atoms with van der Waals surface area (Å²) in [7, 11) is 1.96. The maximum Gasteiger partial charge on any atom is 0.109 e. The molecule has 3 nitrogen and oxygen atoms in total. The van der Waals surface area contributed by atoms with E-state index < -0.39 is 0 Å². The van der Waals surface area contributed by atoms with E-state index in [9.17, 15) is 5.26 Å². The summed E-state index contributed by atoms with van der Waals surface area (Å²) in [5.41, 5.74) is -0.244. The van der Waals surface area contributed by atoms with Crippen LogP contribution in [-0.2, 0) is 0 Å². The van der Waals surface area contributed by atoms with E-state index in [1.807, 2.05) is 7.05 Å². The van der Waals surface area contributed by atoms with Crippen LogP contribution in [0, 0.1) is 29.1 Å². The molecule has 21 heavy (non-hydrogen) atoms. The Morgan fingerprint density at radius 1 is 1.24 bits per heavy atom. The third-order valence-electron chi connectivity index (χ3n) is 6.07. The highest BCUT2D eigenvalue weighted by Crippen LogP contribution is 2.37. The second-order valence-corrected chi connectivity index (χ2v) is 7.49. The lowest BCUT2D eigenvalue weighted by Gasteiger charge is -2.30. The SMILES string of the molecule is CNC1(C#N)CCCC1CCN1CCCC(C(C)C)CC1. The van der Waals surface area contributed by atoms with Gasteiger partial charge >= 0.3 is 0 Å². The zero-order chi connectivity index (χ0) is 15.3. The minimum absolute atomic E-state index is 0.244. The van der Waals surface area contributed by atoms with Crippen molar-refractivity contribution in [2.75, 3.05) is 26.7 Å². The van der Waals surface area contributed by atoms with Crippen LogP contribution in [0.3, 0.4) is 0 Å².